The number of aliphatic hydroxyl groups is 2. The molecule has 10 nitrogen and oxygen atoms in total. The first-order chi connectivity index (χ1) is 22.5. The molecule has 0 spiro atoms. The molecule has 2 heterocycles. The zero-order valence-electron chi connectivity index (χ0n) is 26.4. The van der Waals surface area contributed by atoms with Gasteiger partial charge in [-0.1, -0.05) is 17.7 Å². The van der Waals surface area contributed by atoms with E-state index in [1.165, 1.54) is 12.1 Å². The molecule has 1 saturated heterocycles. The second-order valence-electron chi connectivity index (χ2n) is 11.4. The first kappa shape index (κ1) is 35.8. The van der Waals surface area contributed by atoms with Gasteiger partial charge in [0.2, 0.25) is 5.95 Å². The summed E-state index contributed by atoms with van der Waals surface area (Å²) in [5.74, 6) is -2.32. The maximum absolute atomic E-state index is 14.7. The van der Waals surface area contributed by atoms with E-state index in [9.17, 15) is 19.0 Å². The number of nitrogens with zero attached hydrogens (tertiary/aromatic N) is 3. The van der Waals surface area contributed by atoms with Crippen molar-refractivity contribution in [2.45, 2.75) is 44.4 Å². The van der Waals surface area contributed by atoms with E-state index in [0.717, 1.165) is 61.1 Å². The quantitative estimate of drug-likeness (QED) is 0.192. The summed E-state index contributed by atoms with van der Waals surface area (Å²) in [6.07, 6.45) is 5.06. The monoisotopic (exact) mass is 669 g/mol. The lowest BCUT2D eigenvalue weighted by Crippen LogP contribution is -2.40. The van der Waals surface area contributed by atoms with E-state index in [4.69, 9.17) is 25.9 Å². The van der Waals surface area contributed by atoms with E-state index in [1.54, 1.807) is 44.6 Å². The van der Waals surface area contributed by atoms with Gasteiger partial charge in [0.05, 0.1) is 23.4 Å². The van der Waals surface area contributed by atoms with Gasteiger partial charge >= 0.3 is 6.15 Å². The van der Waals surface area contributed by atoms with Gasteiger partial charge in [-0.15, -0.1) is 0 Å². The van der Waals surface area contributed by atoms with Crippen molar-refractivity contribution in [2.75, 3.05) is 51.0 Å². The topological polar surface area (TPSA) is 137 Å². The molecule has 13 heteroatoms. The summed E-state index contributed by atoms with van der Waals surface area (Å²) < 4.78 is 34.2. The average molecular weight is 670 g/mol. The number of likely N-dealkylation sites (tertiary alicyclic amines) is 1. The number of hydrogen-bond donors (Lipinski definition) is 4. The molecule has 0 saturated carbocycles. The Morgan fingerprint density at radius 2 is 1.85 bits per heavy atom. The maximum atomic E-state index is 14.7. The van der Waals surface area contributed by atoms with Crippen LogP contribution in [0.15, 0.2) is 48.7 Å². The smallest absolute Gasteiger partial charge is 0.373 e. The number of piperidine rings is 1. The van der Waals surface area contributed by atoms with Crippen molar-refractivity contribution < 1.29 is 33.3 Å². The van der Waals surface area contributed by atoms with Crippen molar-refractivity contribution in [1.82, 2.24) is 14.9 Å². The summed E-state index contributed by atoms with van der Waals surface area (Å²) in [5, 5.41) is 26.6. The SMILES string of the molecule is CNc1ccc(F)c(-c2ccc3nc(NC4CCN(CCOC)CC4)ncc3c2)c1F.Cc1cc(Cl)cc2c1CCC2(O)O.O=C=O. The molecule has 0 radical (unpaired) electrons. The Labute approximate surface area is 276 Å². The summed E-state index contributed by atoms with van der Waals surface area (Å²) in [6.45, 7) is 5.67. The van der Waals surface area contributed by atoms with Crippen molar-refractivity contribution in [3.63, 3.8) is 0 Å². The molecule has 250 valence electrons. The van der Waals surface area contributed by atoms with Gasteiger partial charge in [0.1, 0.15) is 5.82 Å². The van der Waals surface area contributed by atoms with Crippen LogP contribution in [0, 0.1) is 18.6 Å². The maximum Gasteiger partial charge on any atom is 0.373 e. The second-order valence-corrected chi connectivity index (χ2v) is 11.8. The van der Waals surface area contributed by atoms with Gasteiger partial charge in [0, 0.05) is 68.4 Å². The average Bonchev–Trinajstić information content (AvgIpc) is 3.35. The molecule has 4 aromatic rings. The zero-order chi connectivity index (χ0) is 34.1. The third kappa shape index (κ3) is 8.86. The Hall–Kier alpha value is -4.03. The fourth-order valence-corrected chi connectivity index (χ4v) is 6.14. The van der Waals surface area contributed by atoms with Crippen LogP contribution in [0.4, 0.5) is 20.4 Å². The number of carbonyl (C=O) groups excluding carboxylic acids is 2. The molecule has 4 N–H and O–H groups in total. The first-order valence-electron chi connectivity index (χ1n) is 15.2. The van der Waals surface area contributed by atoms with Crippen molar-refractivity contribution >= 4 is 40.3 Å². The molecule has 1 aliphatic carbocycles. The van der Waals surface area contributed by atoms with Crippen LogP contribution in [-0.2, 0) is 26.5 Å². The number of fused-ring (bicyclic) bond motifs is 2. The molecular weight excluding hydrogens is 632 g/mol. The molecule has 6 rings (SSSR count). The summed E-state index contributed by atoms with van der Waals surface area (Å²) in [4.78, 5) is 27.7. The standard InChI is InChI=1S/C23H27F2N5O.C10H11ClO2.CO2/c1-26-20-6-4-18(24)21(22(20)25)15-3-5-19-16(13-15)14-27-23(29-19)28-17-7-9-30(10-8-17)11-12-31-2;1-6-4-7(11)5-9-8(6)2-3-10(9,12)13;2-1-3/h3-6,13-14,17,26H,7-12H2,1-2H3,(H,27,28,29);4-5,12-13H,2-3H2,1H3;. The number of nitrogens with one attached hydrogen (secondary N) is 2. The van der Waals surface area contributed by atoms with E-state index in [1.807, 2.05) is 13.0 Å². The molecule has 1 fully saturated rings. The van der Waals surface area contributed by atoms with Gasteiger partial charge in [-0.05, 0) is 79.3 Å². The van der Waals surface area contributed by atoms with Gasteiger partial charge < -0.3 is 30.5 Å². The van der Waals surface area contributed by atoms with Crippen molar-refractivity contribution in [1.29, 1.82) is 0 Å². The fraction of sp³-hybridized carbons (Fsp3) is 0.382. The van der Waals surface area contributed by atoms with E-state index < -0.39 is 17.4 Å². The van der Waals surface area contributed by atoms with E-state index in [-0.39, 0.29) is 17.4 Å². The van der Waals surface area contributed by atoms with Crippen LogP contribution in [-0.4, -0.2) is 77.7 Å². The summed E-state index contributed by atoms with van der Waals surface area (Å²) >= 11 is 5.83. The fourth-order valence-electron chi connectivity index (χ4n) is 5.87. The van der Waals surface area contributed by atoms with Crippen LogP contribution >= 0.6 is 11.6 Å². The molecule has 1 aromatic heterocycles. The number of rotatable bonds is 7. The molecule has 3 aromatic carbocycles. The van der Waals surface area contributed by atoms with Crippen LogP contribution in [0.25, 0.3) is 22.0 Å². The number of aromatic nitrogens is 2. The van der Waals surface area contributed by atoms with E-state index >= 15 is 0 Å². The Morgan fingerprint density at radius 1 is 1.13 bits per heavy atom. The molecule has 2 aliphatic rings. The van der Waals surface area contributed by atoms with Crippen LogP contribution in [0.2, 0.25) is 5.02 Å². The molecule has 0 amide bonds. The molecule has 0 bridgehead atoms. The van der Waals surface area contributed by atoms with Crippen LogP contribution < -0.4 is 10.6 Å². The Bertz CT molecular complexity index is 1730. The number of benzene rings is 3. The van der Waals surface area contributed by atoms with Crippen LogP contribution in [0.3, 0.4) is 0 Å². The minimum Gasteiger partial charge on any atom is -0.386 e. The van der Waals surface area contributed by atoms with E-state index in [0.29, 0.717) is 41.0 Å². The molecule has 1 aliphatic heterocycles. The highest BCUT2D eigenvalue weighted by molar-refractivity contribution is 6.30. The minimum absolute atomic E-state index is 0.0591. The lowest BCUT2D eigenvalue weighted by molar-refractivity contribution is -0.191. The highest BCUT2D eigenvalue weighted by atomic mass is 35.5. The van der Waals surface area contributed by atoms with Crippen molar-refractivity contribution in [3.05, 3.63) is 82.0 Å². The van der Waals surface area contributed by atoms with Crippen LogP contribution in [0.5, 0.6) is 0 Å². The number of aryl methyl sites for hydroxylation is 1. The molecule has 47 heavy (non-hydrogen) atoms. The predicted molar refractivity (Wildman–Crippen MR) is 175 cm³/mol. The highest BCUT2D eigenvalue weighted by Gasteiger charge is 2.35. The van der Waals surface area contributed by atoms with Crippen molar-refractivity contribution in [2.24, 2.45) is 0 Å². The third-order valence-corrected chi connectivity index (χ3v) is 8.57. The number of anilines is 2. The van der Waals surface area contributed by atoms with Gasteiger partial charge in [0.15, 0.2) is 11.6 Å². The summed E-state index contributed by atoms with van der Waals surface area (Å²) in [5.41, 5.74) is 3.99. The van der Waals surface area contributed by atoms with Crippen molar-refractivity contribution in [3.8, 4) is 11.1 Å². The lowest BCUT2D eigenvalue weighted by Gasteiger charge is -2.32. The lowest BCUT2D eigenvalue weighted by atomic mass is 10.0. The van der Waals surface area contributed by atoms with Crippen LogP contribution in [0.1, 0.15) is 36.0 Å². The Balaban J connectivity index is 0.000000258. The Kier molecular flexibility index (Phi) is 12.3. The highest BCUT2D eigenvalue weighted by Crippen LogP contribution is 2.38. The molecule has 0 atom stereocenters. The molecule has 0 unspecified atom stereocenters. The third-order valence-electron chi connectivity index (χ3n) is 8.35. The summed E-state index contributed by atoms with van der Waals surface area (Å²) in [7, 11) is 3.33. The van der Waals surface area contributed by atoms with Gasteiger partial charge in [-0.3, -0.25) is 0 Å². The number of ether oxygens (including phenoxy) is 1. The first-order valence-corrected chi connectivity index (χ1v) is 15.5. The normalized spacial score (nSPS) is 15.5. The molecular formula is C34H38ClF2N5O5. The van der Waals surface area contributed by atoms with Gasteiger partial charge in [-0.2, -0.15) is 9.59 Å². The predicted octanol–water partition coefficient (Wildman–Crippen LogP) is 5.29. The minimum atomic E-state index is -1.68. The largest absolute Gasteiger partial charge is 0.386 e. The second kappa shape index (κ2) is 16.2. The number of hydrogen-bond acceptors (Lipinski definition) is 10. The Morgan fingerprint density at radius 3 is 2.53 bits per heavy atom. The zero-order valence-corrected chi connectivity index (χ0v) is 27.2. The summed E-state index contributed by atoms with van der Waals surface area (Å²) in [6, 6.07) is 11.6. The van der Waals surface area contributed by atoms with Gasteiger partial charge in [-0.25, -0.2) is 18.7 Å². The van der Waals surface area contributed by atoms with E-state index in [2.05, 4.69) is 25.5 Å². The number of halogens is 3. The van der Waals surface area contributed by atoms with Gasteiger partial charge in [0.25, 0.3) is 0 Å². The number of methoxy groups -OCH3 is 1.